The van der Waals surface area contributed by atoms with E-state index in [2.05, 4.69) is 30.2 Å². The lowest BCUT2D eigenvalue weighted by molar-refractivity contribution is -0.115. The molecular weight excluding hydrogens is 422 g/mol. The smallest absolute Gasteiger partial charge is 0.248 e. The Hall–Kier alpha value is -3.26. The fourth-order valence-electron chi connectivity index (χ4n) is 3.76. The number of anilines is 1. The Bertz CT molecular complexity index is 1170. The zero-order chi connectivity index (χ0) is 22.7. The number of ether oxygens (including phenoxy) is 1. The van der Waals surface area contributed by atoms with Gasteiger partial charge in [0.25, 0.3) is 0 Å². The number of primary amides is 1. The molecule has 0 saturated carbocycles. The van der Waals surface area contributed by atoms with Crippen LogP contribution in [-0.2, 0) is 11.4 Å². The molecule has 1 atom stereocenters. The van der Waals surface area contributed by atoms with Gasteiger partial charge in [-0.05, 0) is 37.5 Å². The average Bonchev–Trinajstić information content (AvgIpc) is 3.18. The van der Waals surface area contributed by atoms with Crippen molar-refractivity contribution in [3.05, 3.63) is 76.5 Å². The molecule has 2 aromatic carbocycles. The van der Waals surface area contributed by atoms with Gasteiger partial charge in [-0.3, -0.25) is 4.79 Å². The van der Waals surface area contributed by atoms with Crippen LogP contribution < -0.4 is 15.8 Å². The summed E-state index contributed by atoms with van der Waals surface area (Å²) in [6.45, 7) is 6.43. The number of carbonyl (C=O) groups is 1. The van der Waals surface area contributed by atoms with Crippen LogP contribution in [0.2, 0.25) is 0 Å². The number of nitrogens with zero attached hydrogens (tertiary/aromatic N) is 3. The van der Waals surface area contributed by atoms with Crippen molar-refractivity contribution in [3.63, 3.8) is 0 Å². The van der Waals surface area contributed by atoms with E-state index in [1.54, 1.807) is 16.4 Å². The predicted octanol–water partition coefficient (Wildman–Crippen LogP) is 4.44. The molecule has 0 radical (unpaired) electrons. The number of hydrogen-bond donors (Lipinski definition) is 2. The SMILES string of the molecule is CCCSc1nc2n(n1)C(c1ccccc1OCc1ccccc1C)C(C(N)=O)=C(C)N2. The maximum absolute atomic E-state index is 12.5. The van der Waals surface area contributed by atoms with Gasteiger partial charge < -0.3 is 15.8 Å². The molecule has 1 aliphatic heterocycles. The molecule has 1 aliphatic rings. The molecular formula is C24H27N5O2S. The Morgan fingerprint density at radius 3 is 2.69 bits per heavy atom. The fourth-order valence-corrected chi connectivity index (χ4v) is 4.44. The van der Waals surface area contributed by atoms with Gasteiger partial charge in [0, 0.05) is 17.0 Å². The molecule has 0 aliphatic carbocycles. The van der Waals surface area contributed by atoms with Crippen LogP contribution in [-0.4, -0.2) is 26.4 Å². The van der Waals surface area contributed by atoms with Crippen molar-refractivity contribution in [3.8, 4) is 5.75 Å². The van der Waals surface area contributed by atoms with E-state index in [0.29, 0.717) is 34.7 Å². The Kier molecular flexibility index (Phi) is 6.50. The quantitative estimate of drug-likeness (QED) is 0.494. The lowest BCUT2D eigenvalue weighted by Gasteiger charge is -2.28. The first-order valence-corrected chi connectivity index (χ1v) is 11.6. The summed E-state index contributed by atoms with van der Waals surface area (Å²) in [7, 11) is 0. The Morgan fingerprint density at radius 1 is 1.19 bits per heavy atom. The minimum atomic E-state index is -0.528. The van der Waals surface area contributed by atoms with E-state index in [0.717, 1.165) is 28.9 Å². The van der Waals surface area contributed by atoms with E-state index < -0.39 is 11.9 Å². The van der Waals surface area contributed by atoms with E-state index in [9.17, 15) is 4.79 Å². The number of amides is 1. The number of carbonyl (C=O) groups excluding carboxylic acids is 1. The standard InChI is InChI=1S/C24H27N5O2S/c1-4-13-32-24-27-23-26-16(3)20(22(25)30)21(29(23)28-24)18-11-7-8-12-19(18)31-14-17-10-6-5-9-15(17)2/h5-12,21H,4,13-14H2,1-3H3,(H2,25,30)(H,26,27,28). The van der Waals surface area contributed by atoms with Crippen molar-refractivity contribution in [2.75, 3.05) is 11.1 Å². The van der Waals surface area contributed by atoms with Crippen LogP contribution >= 0.6 is 11.8 Å². The van der Waals surface area contributed by atoms with Crippen LogP contribution in [0.3, 0.4) is 0 Å². The number of benzene rings is 2. The van der Waals surface area contributed by atoms with Gasteiger partial charge in [-0.2, -0.15) is 4.98 Å². The fraction of sp³-hybridized carbons (Fsp3) is 0.292. The van der Waals surface area contributed by atoms with Crippen molar-refractivity contribution in [2.24, 2.45) is 5.73 Å². The van der Waals surface area contributed by atoms with Gasteiger partial charge in [-0.15, -0.1) is 5.10 Å². The summed E-state index contributed by atoms with van der Waals surface area (Å²) in [6, 6.07) is 15.3. The number of hydrogen-bond acceptors (Lipinski definition) is 6. The Labute approximate surface area is 192 Å². The third kappa shape index (κ3) is 4.36. The zero-order valence-corrected chi connectivity index (χ0v) is 19.3. The van der Waals surface area contributed by atoms with Crippen LogP contribution in [0.4, 0.5) is 5.95 Å². The van der Waals surface area contributed by atoms with Gasteiger partial charge in [-0.25, -0.2) is 4.68 Å². The minimum absolute atomic E-state index is 0.422. The molecule has 8 heteroatoms. The second kappa shape index (κ2) is 9.48. The Balaban J connectivity index is 1.75. The molecule has 166 valence electrons. The first kappa shape index (κ1) is 22.0. The number of thioether (sulfide) groups is 1. The van der Waals surface area contributed by atoms with Gasteiger partial charge in [0.1, 0.15) is 18.4 Å². The average molecular weight is 450 g/mol. The van der Waals surface area contributed by atoms with E-state index in [1.807, 2.05) is 49.4 Å². The van der Waals surface area contributed by atoms with Crippen molar-refractivity contribution in [2.45, 2.75) is 45.0 Å². The first-order valence-electron chi connectivity index (χ1n) is 10.6. The number of rotatable bonds is 8. The second-order valence-electron chi connectivity index (χ2n) is 7.69. The van der Waals surface area contributed by atoms with Crippen molar-refractivity contribution < 1.29 is 9.53 Å². The molecule has 0 bridgehead atoms. The van der Waals surface area contributed by atoms with Crippen LogP contribution in [0.1, 0.15) is 43.0 Å². The second-order valence-corrected chi connectivity index (χ2v) is 8.76. The molecule has 0 fully saturated rings. The monoisotopic (exact) mass is 449 g/mol. The van der Waals surface area contributed by atoms with E-state index in [-0.39, 0.29) is 0 Å². The third-order valence-corrected chi connectivity index (χ3v) is 6.44. The van der Waals surface area contributed by atoms with Gasteiger partial charge in [0.05, 0.1) is 5.57 Å². The van der Waals surface area contributed by atoms with Crippen LogP contribution in [0, 0.1) is 6.92 Å². The van der Waals surface area contributed by atoms with E-state index in [1.165, 1.54) is 0 Å². The number of aryl methyl sites for hydroxylation is 1. The van der Waals surface area contributed by atoms with Gasteiger partial charge in [-0.1, -0.05) is 61.2 Å². The number of para-hydroxylation sites is 1. The molecule has 0 saturated heterocycles. The maximum atomic E-state index is 12.5. The highest BCUT2D eigenvalue weighted by molar-refractivity contribution is 7.99. The predicted molar refractivity (Wildman–Crippen MR) is 127 cm³/mol. The lowest BCUT2D eigenvalue weighted by atomic mass is 9.94. The summed E-state index contributed by atoms with van der Waals surface area (Å²) >= 11 is 1.59. The summed E-state index contributed by atoms with van der Waals surface area (Å²) in [5.41, 5.74) is 10.0. The lowest BCUT2D eigenvalue weighted by Crippen LogP contribution is -2.32. The molecule has 1 amide bonds. The van der Waals surface area contributed by atoms with Gasteiger partial charge >= 0.3 is 0 Å². The molecule has 32 heavy (non-hydrogen) atoms. The summed E-state index contributed by atoms with van der Waals surface area (Å²) in [4.78, 5) is 17.1. The van der Waals surface area contributed by atoms with Crippen molar-refractivity contribution in [1.82, 2.24) is 14.8 Å². The summed E-state index contributed by atoms with van der Waals surface area (Å²) < 4.78 is 7.98. The number of nitrogens with two attached hydrogens (primary N) is 1. The summed E-state index contributed by atoms with van der Waals surface area (Å²) in [5.74, 6) is 1.68. The highest BCUT2D eigenvalue weighted by Gasteiger charge is 2.35. The zero-order valence-electron chi connectivity index (χ0n) is 18.5. The minimum Gasteiger partial charge on any atom is -0.489 e. The first-order chi connectivity index (χ1) is 15.5. The number of allylic oxidation sites excluding steroid dienone is 1. The van der Waals surface area contributed by atoms with E-state index in [4.69, 9.17) is 15.6 Å². The maximum Gasteiger partial charge on any atom is 0.248 e. The highest BCUT2D eigenvalue weighted by atomic mass is 32.2. The van der Waals surface area contributed by atoms with Crippen molar-refractivity contribution in [1.29, 1.82) is 0 Å². The number of nitrogens with one attached hydrogen (secondary N) is 1. The highest BCUT2D eigenvalue weighted by Crippen LogP contribution is 2.39. The largest absolute Gasteiger partial charge is 0.489 e. The Morgan fingerprint density at radius 2 is 1.94 bits per heavy atom. The third-order valence-electron chi connectivity index (χ3n) is 5.39. The van der Waals surface area contributed by atoms with Crippen LogP contribution in [0.5, 0.6) is 5.75 Å². The van der Waals surface area contributed by atoms with E-state index >= 15 is 0 Å². The molecule has 3 aromatic rings. The number of fused-ring (bicyclic) bond motifs is 1. The molecule has 1 unspecified atom stereocenters. The summed E-state index contributed by atoms with van der Waals surface area (Å²) in [5, 5.41) is 8.54. The van der Waals surface area contributed by atoms with Crippen LogP contribution in [0.25, 0.3) is 0 Å². The molecule has 2 heterocycles. The van der Waals surface area contributed by atoms with Gasteiger partial charge in [0.15, 0.2) is 0 Å². The molecule has 1 aromatic heterocycles. The number of aromatic nitrogens is 3. The van der Waals surface area contributed by atoms with Gasteiger partial charge in [0.2, 0.25) is 17.0 Å². The normalized spacial score (nSPS) is 15.3. The molecule has 3 N–H and O–H groups in total. The molecule has 7 nitrogen and oxygen atoms in total. The van der Waals surface area contributed by atoms with Crippen molar-refractivity contribution >= 4 is 23.6 Å². The summed E-state index contributed by atoms with van der Waals surface area (Å²) in [6.07, 6.45) is 1.02. The topological polar surface area (TPSA) is 95.1 Å². The van der Waals surface area contributed by atoms with Crippen LogP contribution in [0.15, 0.2) is 65.0 Å². The molecule has 0 spiro atoms. The molecule has 4 rings (SSSR count).